The van der Waals surface area contributed by atoms with Gasteiger partial charge >= 0.3 is 0 Å². The summed E-state index contributed by atoms with van der Waals surface area (Å²) in [7, 11) is 0. The van der Waals surface area contributed by atoms with Gasteiger partial charge in [-0.2, -0.15) is 0 Å². The first-order valence-corrected chi connectivity index (χ1v) is 9.82. The number of aryl methyl sites for hydroxylation is 2. The van der Waals surface area contributed by atoms with E-state index < -0.39 is 0 Å². The second-order valence-corrected chi connectivity index (χ2v) is 7.65. The standard InChI is InChI=1S/C19H35NS/c1-4-5-6-7-8-9-10-11-12-13-14-20-16-19-15-17(2)18(3)21-19/h15,20H,4-14,16H2,1-3H3. The van der Waals surface area contributed by atoms with Gasteiger partial charge in [0.15, 0.2) is 0 Å². The fourth-order valence-electron chi connectivity index (χ4n) is 2.69. The molecule has 1 nitrogen and oxygen atoms in total. The van der Waals surface area contributed by atoms with Crippen LogP contribution in [0.2, 0.25) is 0 Å². The Kier molecular flexibility index (Phi) is 10.9. The molecular weight excluding hydrogens is 274 g/mol. The van der Waals surface area contributed by atoms with Gasteiger partial charge in [0.25, 0.3) is 0 Å². The number of thiophene rings is 1. The molecule has 1 rings (SSSR count). The number of rotatable bonds is 13. The molecule has 1 aromatic rings. The molecule has 1 heterocycles. The Bertz CT molecular complexity index is 337. The van der Waals surface area contributed by atoms with Crippen molar-refractivity contribution in [2.24, 2.45) is 0 Å². The van der Waals surface area contributed by atoms with Crippen molar-refractivity contribution < 1.29 is 0 Å². The van der Waals surface area contributed by atoms with Crippen LogP contribution in [0.4, 0.5) is 0 Å². The maximum absolute atomic E-state index is 3.58. The topological polar surface area (TPSA) is 12.0 Å². The highest BCUT2D eigenvalue weighted by Crippen LogP contribution is 2.20. The van der Waals surface area contributed by atoms with Gasteiger partial charge in [0, 0.05) is 16.3 Å². The van der Waals surface area contributed by atoms with Crippen LogP contribution in [0.5, 0.6) is 0 Å². The fraction of sp³-hybridized carbons (Fsp3) is 0.789. The normalized spacial score (nSPS) is 11.2. The van der Waals surface area contributed by atoms with E-state index >= 15 is 0 Å². The van der Waals surface area contributed by atoms with Crippen LogP contribution >= 0.6 is 11.3 Å². The molecular formula is C19H35NS. The maximum atomic E-state index is 3.58. The van der Waals surface area contributed by atoms with Gasteiger partial charge in [-0.3, -0.25) is 0 Å². The molecule has 1 aromatic heterocycles. The van der Waals surface area contributed by atoms with Gasteiger partial charge in [-0.1, -0.05) is 64.7 Å². The SMILES string of the molecule is CCCCCCCCCCCCNCc1cc(C)c(C)s1. The number of hydrogen-bond acceptors (Lipinski definition) is 2. The third kappa shape index (κ3) is 9.31. The molecule has 21 heavy (non-hydrogen) atoms. The molecule has 0 unspecified atom stereocenters. The average molecular weight is 310 g/mol. The van der Waals surface area contributed by atoms with E-state index in [0.29, 0.717) is 0 Å². The summed E-state index contributed by atoms with van der Waals surface area (Å²) < 4.78 is 0. The smallest absolute Gasteiger partial charge is 0.0299 e. The summed E-state index contributed by atoms with van der Waals surface area (Å²) in [5.74, 6) is 0. The minimum atomic E-state index is 1.05. The Morgan fingerprint density at radius 2 is 1.43 bits per heavy atom. The van der Waals surface area contributed by atoms with Crippen LogP contribution in [0.1, 0.15) is 86.4 Å². The highest BCUT2D eigenvalue weighted by atomic mass is 32.1. The molecule has 0 radical (unpaired) electrons. The van der Waals surface area contributed by atoms with Crippen molar-refractivity contribution >= 4 is 11.3 Å². The number of hydrogen-bond donors (Lipinski definition) is 1. The molecule has 0 fully saturated rings. The highest BCUT2D eigenvalue weighted by Gasteiger charge is 2.00. The van der Waals surface area contributed by atoms with Crippen molar-refractivity contribution in [2.45, 2.75) is 91.5 Å². The van der Waals surface area contributed by atoms with E-state index in [2.05, 4.69) is 32.2 Å². The van der Waals surface area contributed by atoms with Gasteiger partial charge in [0.2, 0.25) is 0 Å². The summed E-state index contributed by atoms with van der Waals surface area (Å²) in [5, 5.41) is 3.58. The van der Waals surface area contributed by atoms with Crippen molar-refractivity contribution in [3.05, 3.63) is 21.4 Å². The van der Waals surface area contributed by atoms with Gasteiger partial charge in [0.05, 0.1) is 0 Å². The van der Waals surface area contributed by atoms with Crippen LogP contribution in [0.15, 0.2) is 6.07 Å². The lowest BCUT2D eigenvalue weighted by Crippen LogP contribution is -2.13. The lowest BCUT2D eigenvalue weighted by Gasteiger charge is -2.04. The molecule has 0 atom stereocenters. The zero-order valence-electron chi connectivity index (χ0n) is 14.5. The van der Waals surface area contributed by atoms with Crippen LogP contribution in [0.3, 0.4) is 0 Å². The highest BCUT2D eigenvalue weighted by molar-refractivity contribution is 7.12. The molecule has 2 heteroatoms. The van der Waals surface area contributed by atoms with E-state index in [1.165, 1.54) is 86.1 Å². The quantitative estimate of drug-likeness (QED) is 0.417. The molecule has 0 aliphatic heterocycles. The van der Waals surface area contributed by atoms with Crippen molar-refractivity contribution in [3.63, 3.8) is 0 Å². The van der Waals surface area contributed by atoms with Gasteiger partial charge in [-0.15, -0.1) is 11.3 Å². The van der Waals surface area contributed by atoms with Crippen molar-refractivity contribution in [2.75, 3.05) is 6.54 Å². The Hall–Kier alpha value is -0.340. The Balaban J connectivity index is 1.82. The van der Waals surface area contributed by atoms with Gasteiger partial charge < -0.3 is 5.32 Å². The first-order chi connectivity index (χ1) is 10.2. The Labute approximate surface area is 136 Å². The maximum Gasteiger partial charge on any atom is 0.0299 e. The number of nitrogens with one attached hydrogen (secondary N) is 1. The minimum absolute atomic E-state index is 1.05. The monoisotopic (exact) mass is 309 g/mol. The summed E-state index contributed by atoms with van der Waals surface area (Å²) >= 11 is 1.93. The molecule has 0 aromatic carbocycles. The predicted octanol–water partition coefficient (Wildman–Crippen LogP) is 6.38. The summed E-state index contributed by atoms with van der Waals surface area (Å²) in [4.78, 5) is 2.95. The van der Waals surface area contributed by atoms with Crippen molar-refractivity contribution in [1.29, 1.82) is 0 Å². The van der Waals surface area contributed by atoms with Gasteiger partial charge in [-0.05, 0) is 38.4 Å². The lowest BCUT2D eigenvalue weighted by atomic mass is 10.1. The second-order valence-electron chi connectivity index (χ2n) is 6.31. The Morgan fingerprint density at radius 1 is 0.857 bits per heavy atom. The lowest BCUT2D eigenvalue weighted by molar-refractivity contribution is 0.544. The molecule has 0 saturated carbocycles. The zero-order valence-corrected chi connectivity index (χ0v) is 15.3. The largest absolute Gasteiger partial charge is 0.312 e. The molecule has 0 amide bonds. The average Bonchev–Trinajstić information content (AvgIpc) is 2.79. The van der Waals surface area contributed by atoms with Crippen LogP contribution in [-0.4, -0.2) is 6.54 Å². The predicted molar refractivity (Wildman–Crippen MR) is 97.3 cm³/mol. The summed E-state index contributed by atoms with van der Waals surface area (Å²) in [6.45, 7) is 8.93. The van der Waals surface area contributed by atoms with Crippen molar-refractivity contribution in [1.82, 2.24) is 5.32 Å². The van der Waals surface area contributed by atoms with E-state index in [0.717, 1.165) is 6.54 Å². The molecule has 0 spiro atoms. The molecule has 0 aliphatic carbocycles. The van der Waals surface area contributed by atoms with E-state index in [4.69, 9.17) is 0 Å². The number of unbranched alkanes of at least 4 members (excludes halogenated alkanes) is 9. The first kappa shape index (κ1) is 18.7. The molecule has 122 valence electrons. The van der Waals surface area contributed by atoms with Gasteiger partial charge in [-0.25, -0.2) is 0 Å². The molecule has 0 bridgehead atoms. The van der Waals surface area contributed by atoms with E-state index in [9.17, 15) is 0 Å². The zero-order chi connectivity index (χ0) is 15.3. The third-order valence-electron chi connectivity index (χ3n) is 4.22. The van der Waals surface area contributed by atoms with Crippen molar-refractivity contribution in [3.8, 4) is 0 Å². The minimum Gasteiger partial charge on any atom is -0.312 e. The van der Waals surface area contributed by atoms with E-state index in [1.54, 1.807) is 0 Å². The molecule has 0 aliphatic rings. The Morgan fingerprint density at radius 3 is 1.95 bits per heavy atom. The summed E-state index contributed by atoms with van der Waals surface area (Å²) in [6.07, 6.45) is 14.2. The fourth-order valence-corrected chi connectivity index (χ4v) is 3.71. The summed E-state index contributed by atoms with van der Waals surface area (Å²) in [6, 6.07) is 2.32. The van der Waals surface area contributed by atoms with E-state index in [1.807, 2.05) is 11.3 Å². The molecule has 0 saturated heterocycles. The van der Waals surface area contributed by atoms with Crippen LogP contribution in [0, 0.1) is 13.8 Å². The van der Waals surface area contributed by atoms with Gasteiger partial charge in [0.1, 0.15) is 0 Å². The first-order valence-electron chi connectivity index (χ1n) is 9.00. The van der Waals surface area contributed by atoms with Crippen LogP contribution < -0.4 is 5.32 Å². The third-order valence-corrected chi connectivity index (χ3v) is 5.38. The van der Waals surface area contributed by atoms with Crippen LogP contribution in [-0.2, 0) is 6.54 Å². The second kappa shape index (κ2) is 12.2. The van der Waals surface area contributed by atoms with E-state index in [-0.39, 0.29) is 0 Å². The van der Waals surface area contributed by atoms with Crippen LogP contribution in [0.25, 0.3) is 0 Å². The molecule has 1 N–H and O–H groups in total. The summed E-state index contributed by atoms with van der Waals surface area (Å²) in [5.41, 5.74) is 1.44.